The highest BCUT2D eigenvalue weighted by atomic mass is 32.2. The SMILES string of the molecule is C[C@H]1CCC[C@H](C)N1C(=O)C[NH+]1CCN(S(=O)(=O)c2ccc3ccccc3c2)CC1. The molecule has 0 aliphatic carbocycles. The minimum atomic E-state index is -3.52. The monoisotopic (exact) mass is 430 g/mol. The van der Waals surface area contributed by atoms with E-state index in [-0.39, 0.29) is 5.91 Å². The number of sulfonamides is 1. The average molecular weight is 431 g/mol. The van der Waals surface area contributed by atoms with E-state index in [0.29, 0.717) is 49.7 Å². The molecule has 1 N–H and O–H groups in total. The summed E-state index contributed by atoms with van der Waals surface area (Å²) in [5.41, 5.74) is 0. The first-order chi connectivity index (χ1) is 14.4. The summed E-state index contributed by atoms with van der Waals surface area (Å²) in [7, 11) is -3.52. The molecular weight excluding hydrogens is 398 g/mol. The molecule has 2 aliphatic rings. The van der Waals surface area contributed by atoms with Crippen molar-refractivity contribution in [2.75, 3.05) is 32.7 Å². The first-order valence-electron chi connectivity index (χ1n) is 11.0. The van der Waals surface area contributed by atoms with Crippen LogP contribution in [0.3, 0.4) is 0 Å². The van der Waals surface area contributed by atoms with Gasteiger partial charge in [-0.1, -0.05) is 30.3 Å². The number of amides is 1. The quantitative estimate of drug-likeness (QED) is 0.800. The zero-order valence-corrected chi connectivity index (χ0v) is 18.7. The largest absolute Gasteiger partial charge is 0.332 e. The van der Waals surface area contributed by atoms with E-state index in [2.05, 4.69) is 18.7 Å². The van der Waals surface area contributed by atoms with Gasteiger partial charge in [-0.05, 0) is 56.0 Å². The normalized spacial score (nSPS) is 24.3. The van der Waals surface area contributed by atoms with Crippen LogP contribution < -0.4 is 4.90 Å². The number of quaternary nitrogens is 1. The Kier molecular flexibility index (Phi) is 6.14. The van der Waals surface area contributed by atoms with Crippen molar-refractivity contribution in [3.05, 3.63) is 42.5 Å². The summed E-state index contributed by atoms with van der Waals surface area (Å²) in [6.45, 7) is 6.95. The van der Waals surface area contributed by atoms with Gasteiger partial charge in [-0.3, -0.25) is 4.79 Å². The van der Waals surface area contributed by atoms with Crippen LogP contribution in [-0.4, -0.2) is 68.3 Å². The molecule has 30 heavy (non-hydrogen) atoms. The smallest absolute Gasteiger partial charge is 0.278 e. The summed E-state index contributed by atoms with van der Waals surface area (Å²) in [6, 6.07) is 13.7. The Morgan fingerprint density at radius 3 is 2.30 bits per heavy atom. The number of nitrogens with zero attached hydrogens (tertiary/aromatic N) is 2. The third-order valence-corrected chi connectivity index (χ3v) is 8.57. The van der Waals surface area contributed by atoms with Gasteiger partial charge in [-0.25, -0.2) is 8.42 Å². The minimum absolute atomic E-state index is 0.204. The van der Waals surface area contributed by atoms with Gasteiger partial charge in [0.25, 0.3) is 5.91 Å². The van der Waals surface area contributed by atoms with E-state index in [1.165, 1.54) is 11.3 Å². The molecule has 2 aromatic carbocycles. The number of rotatable bonds is 4. The molecule has 4 rings (SSSR count). The van der Waals surface area contributed by atoms with Crippen LogP contribution in [0, 0.1) is 0 Å². The highest BCUT2D eigenvalue weighted by molar-refractivity contribution is 7.89. The van der Waals surface area contributed by atoms with E-state index < -0.39 is 10.0 Å². The molecule has 0 radical (unpaired) electrons. The topological polar surface area (TPSA) is 62.1 Å². The number of carbonyl (C=O) groups is 1. The van der Waals surface area contributed by atoms with Gasteiger partial charge in [0.15, 0.2) is 6.54 Å². The molecule has 0 spiro atoms. The predicted octanol–water partition coefficient (Wildman–Crippen LogP) is 1.52. The fourth-order valence-corrected chi connectivity index (χ4v) is 6.39. The number of hydrogen-bond acceptors (Lipinski definition) is 3. The van der Waals surface area contributed by atoms with Crippen LogP contribution in [0.15, 0.2) is 47.4 Å². The number of piperazine rings is 1. The van der Waals surface area contributed by atoms with Crippen molar-refractivity contribution in [3.63, 3.8) is 0 Å². The first kappa shape index (κ1) is 21.3. The molecule has 2 fully saturated rings. The van der Waals surface area contributed by atoms with Crippen molar-refractivity contribution in [2.45, 2.75) is 50.1 Å². The molecule has 0 unspecified atom stereocenters. The van der Waals surface area contributed by atoms with Crippen LogP contribution in [0.5, 0.6) is 0 Å². The van der Waals surface area contributed by atoms with Gasteiger partial charge in [0, 0.05) is 12.1 Å². The molecular formula is C23H32N3O3S+. The van der Waals surface area contributed by atoms with Crippen molar-refractivity contribution in [1.29, 1.82) is 0 Å². The van der Waals surface area contributed by atoms with E-state index >= 15 is 0 Å². The summed E-state index contributed by atoms with van der Waals surface area (Å²) < 4.78 is 27.8. The number of hydrogen-bond donors (Lipinski definition) is 1. The van der Waals surface area contributed by atoms with Crippen LogP contribution in [0.4, 0.5) is 0 Å². The molecule has 1 amide bonds. The maximum absolute atomic E-state index is 13.1. The summed E-state index contributed by atoms with van der Waals surface area (Å²) in [6.07, 6.45) is 3.33. The van der Waals surface area contributed by atoms with Crippen LogP contribution in [-0.2, 0) is 14.8 Å². The molecule has 0 aromatic heterocycles. The van der Waals surface area contributed by atoms with Crippen molar-refractivity contribution in [1.82, 2.24) is 9.21 Å². The van der Waals surface area contributed by atoms with Crippen LogP contribution in [0.25, 0.3) is 10.8 Å². The number of carbonyl (C=O) groups excluding carboxylic acids is 1. The van der Waals surface area contributed by atoms with Crippen molar-refractivity contribution < 1.29 is 18.1 Å². The maximum atomic E-state index is 13.1. The van der Waals surface area contributed by atoms with Crippen LogP contribution >= 0.6 is 0 Å². The molecule has 7 heteroatoms. The molecule has 6 nitrogen and oxygen atoms in total. The number of nitrogens with one attached hydrogen (secondary N) is 1. The van der Waals surface area contributed by atoms with E-state index in [0.717, 1.165) is 23.6 Å². The summed E-state index contributed by atoms with van der Waals surface area (Å²) in [5, 5.41) is 1.96. The average Bonchev–Trinajstić information content (AvgIpc) is 2.73. The predicted molar refractivity (Wildman–Crippen MR) is 118 cm³/mol. The Morgan fingerprint density at radius 2 is 1.63 bits per heavy atom. The van der Waals surface area contributed by atoms with Crippen molar-refractivity contribution in [3.8, 4) is 0 Å². The molecule has 0 bridgehead atoms. The molecule has 2 atom stereocenters. The third-order valence-electron chi connectivity index (χ3n) is 6.67. The lowest BCUT2D eigenvalue weighted by molar-refractivity contribution is -0.896. The van der Waals surface area contributed by atoms with E-state index in [1.54, 1.807) is 16.4 Å². The van der Waals surface area contributed by atoms with Gasteiger partial charge >= 0.3 is 0 Å². The second kappa shape index (κ2) is 8.65. The number of fused-ring (bicyclic) bond motifs is 1. The minimum Gasteiger partial charge on any atom is -0.332 e. The Labute approximate surface area is 179 Å². The van der Waals surface area contributed by atoms with Crippen LogP contribution in [0.2, 0.25) is 0 Å². The van der Waals surface area contributed by atoms with Crippen molar-refractivity contribution in [2.24, 2.45) is 0 Å². The standard InChI is InChI=1S/C23H31N3O3S/c1-18-6-5-7-19(2)26(18)23(27)17-24-12-14-25(15-13-24)30(28,29)22-11-10-20-8-3-4-9-21(20)16-22/h3-4,8-11,16,18-19H,5-7,12-15,17H2,1-2H3/p+1/t18-,19-/m0/s1. The Hall–Kier alpha value is -1.96. The third kappa shape index (κ3) is 4.24. The van der Waals surface area contributed by atoms with Gasteiger partial charge in [0.1, 0.15) is 0 Å². The summed E-state index contributed by atoms with van der Waals surface area (Å²) >= 11 is 0. The molecule has 2 heterocycles. The molecule has 2 aliphatic heterocycles. The highest BCUT2D eigenvalue weighted by Crippen LogP contribution is 2.23. The van der Waals surface area contributed by atoms with Gasteiger partial charge in [-0.15, -0.1) is 0 Å². The van der Waals surface area contributed by atoms with E-state index in [1.807, 2.05) is 30.3 Å². The van der Waals surface area contributed by atoms with Crippen molar-refractivity contribution >= 4 is 26.7 Å². The Balaban J connectivity index is 1.39. The maximum Gasteiger partial charge on any atom is 0.278 e. The Bertz CT molecular complexity index is 1010. The van der Waals surface area contributed by atoms with Gasteiger partial charge in [-0.2, -0.15) is 4.31 Å². The lowest BCUT2D eigenvalue weighted by atomic mass is 9.97. The zero-order valence-electron chi connectivity index (χ0n) is 17.9. The first-order valence-corrected chi connectivity index (χ1v) is 12.4. The van der Waals surface area contributed by atoms with Gasteiger partial charge < -0.3 is 9.80 Å². The Morgan fingerprint density at radius 1 is 1.00 bits per heavy atom. The number of likely N-dealkylation sites (tertiary alicyclic amines) is 1. The fraction of sp³-hybridized carbons (Fsp3) is 0.522. The molecule has 2 saturated heterocycles. The van der Waals surface area contributed by atoms with E-state index in [4.69, 9.17) is 0 Å². The molecule has 2 aromatic rings. The fourth-order valence-electron chi connectivity index (χ4n) is 4.91. The summed E-state index contributed by atoms with van der Waals surface area (Å²) in [5.74, 6) is 0.204. The van der Waals surface area contributed by atoms with E-state index in [9.17, 15) is 13.2 Å². The van der Waals surface area contributed by atoms with Gasteiger partial charge in [0.2, 0.25) is 10.0 Å². The van der Waals surface area contributed by atoms with Gasteiger partial charge in [0.05, 0.1) is 31.1 Å². The molecule has 162 valence electrons. The second-order valence-electron chi connectivity index (χ2n) is 8.77. The number of piperidine rings is 1. The summed E-state index contributed by atoms with van der Waals surface area (Å²) in [4.78, 5) is 16.5. The number of benzene rings is 2. The lowest BCUT2D eigenvalue weighted by Crippen LogP contribution is -3.15. The molecule has 0 saturated carbocycles. The second-order valence-corrected chi connectivity index (χ2v) is 10.7. The highest BCUT2D eigenvalue weighted by Gasteiger charge is 2.34. The lowest BCUT2D eigenvalue weighted by Gasteiger charge is -2.40. The van der Waals surface area contributed by atoms with Crippen LogP contribution in [0.1, 0.15) is 33.1 Å². The zero-order chi connectivity index (χ0) is 21.3.